The SMILES string of the molecule is CC(CCNC1CCCc2[nH]c(=O)ccc21)S(C)=O. The van der Waals surface area contributed by atoms with E-state index in [4.69, 9.17) is 0 Å². The van der Waals surface area contributed by atoms with E-state index in [2.05, 4.69) is 10.3 Å². The molecule has 5 heteroatoms. The summed E-state index contributed by atoms with van der Waals surface area (Å²) < 4.78 is 11.3. The molecule has 0 spiro atoms. The molecule has 106 valence electrons. The van der Waals surface area contributed by atoms with E-state index in [9.17, 15) is 9.00 Å². The molecule has 4 nitrogen and oxygen atoms in total. The average Bonchev–Trinajstić information content (AvgIpc) is 2.38. The summed E-state index contributed by atoms with van der Waals surface area (Å²) >= 11 is 0. The van der Waals surface area contributed by atoms with E-state index in [0.29, 0.717) is 6.04 Å². The third-order valence-electron chi connectivity index (χ3n) is 3.84. The maximum absolute atomic E-state index is 11.3. The molecule has 0 aliphatic heterocycles. The van der Waals surface area contributed by atoms with E-state index in [-0.39, 0.29) is 10.8 Å². The van der Waals surface area contributed by atoms with Gasteiger partial charge in [0, 0.05) is 40.1 Å². The summed E-state index contributed by atoms with van der Waals surface area (Å²) in [5.74, 6) is 0. The molecule has 0 radical (unpaired) electrons. The van der Waals surface area contributed by atoms with Crippen molar-refractivity contribution in [3.63, 3.8) is 0 Å². The standard InChI is InChI=1S/C14H22N2O2S/c1-10(19(2)18)8-9-15-12-4-3-5-13-11(12)6-7-14(17)16-13/h6-7,10,12,15H,3-5,8-9H2,1-2H3,(H,16,17). The van der Waals surface area contributed by atoms with E-state index in [1.165, 1.54) is 5.56 Å². The van der Waals surface area contributed by atoms with Gasteiger partial charge in [-0.2, -0.15) is 0 Å². The summed E-state index contributed by atoms with van der Waals surface area (Å²) in [4.78, 5) is 14.2. The smallest absolute Gasteiger partial charge is 0.248 e. The third kappa shape index (κ3) is 3.76. The highest BCUT2D eigenvalue weighted by molar-refractivity contribution is 7.84. The van der Waals surface area contributed by atoms with Crippen LogP contribution >= 0.6 is 0 Å². The monoisotopic (exact) mass is 282 g/mol. The van der Waals surface area contributed by atoms with Crippen LogP contribution in [0, 0.1) is 0 Å². The van der Waals surface area contributed by atoms with Crippen LogP contribution in [0.4, 0.5) is 0 Å². The fourth-order valence-corrected chi connectivity index (χ4v) is 2.99. The number of H-pyrrole nitrogens is 1. The van der Waals surface area contributed by atoms with Crippen molar-refractivity contribution in [1.82, 2.24) is 10.3 Å². The van der Waals surface area contributed by atoms with Crippen molar-refractivity contribution in [2.45, 2.75) is 43.9 Å². The Kier molecular flexibility index (Phi) is 4.93. The molecule has 1 aliphatic rings. The largest absolute Gasteiger partial charge is 0.326 e. The van der Waals surface area contributed by atoms with Crippen molar-refractivity contribution in [1.29, 1.82) is 0 Å². The highest BCUT2D eigenvalue weighted by atomic mass is 32.2. The summed E-state index contributed by atoms with van der Waals surface area (Å²) in [5.41, 5.74) is 2.27. The Bertz CT molecular complexity index is 512. The predicted molar refractivity (Wildman–Crippen MR) is 78.9 cm³/mol. The summed E-state index contributed by atoms with van der Waals surface area (Å²) in [6.07, 6.45) is 5.82. The molecule has 1 heterocycles. The van der Waals surface area contributed by atoms with E-state index < -0.39 is 10.8 Å². The van der Waals surface area contributed by atoms with Gasteiger partial charge in [0.1, 0.15) is 0 Å². The Morgan fingerprint density at radius 1 is 1.53 bits per heavy atom. The van der Waals surface area contributed by atoms with E-state index in [1.54, 1.807) is 12.3 Å². The van der Waals surface area contributed by atoms with Crippen LogP contribution in [0.1, 0.15) is 43.5 Å². The van der Waals surface area contributed by atoms with Crippen molar-refractivity contribution in [3.05, 3.63) is 33.7 Å². The van der Waals surface area contributed by atoms with Gasteiger partial charge in [-0.1, -0.05) is 13.0 Å². The lowest BCUT2D eigenvalue weighted by atomic mass is 9.91. The van der Waals surface area contributed by atoms with Crippen LogP contribution in [0.3, 0.4) is 0 Å². The molecule has 1 aliphatic carbocycles. The lowest BCUT2D eigenvalue weighted by Gasteiger charge is -2.26. The average molecular weight is 282 g/mol. The summed E-state index contributed by atoms with van der Waals surface area (Å²) in [6.45, 7) is 2.88. The van der Waals surface area contributed by atoms with Gasteiger partial charge in [0.05, 0.1) is 0 Å². The Morgan fingerprint density at radius 3 is 3.05 bits per heavy atom. The number of nitrogens with one attached hydrogen (secondary N) is 2. The van der Waals surface area contributed by atoms with Gasteiger partial charge in [-0.25, -0.2) is 0 Å². The first kappa shape index (κ1) is 14.5. The lowest BCUT2D eigenvalue weighted by Crippen LogP contribution is -2.29. The maximum atomic E-state index is 11.3. The zero-order valence-corrected chi connectivity index (χ0v) is 12.4. The Hall–Kier alpha value is -0.940. The predicted octanol–water partition coefficient (Wildman–Crippen LogP) is 1.50. The van der Waals surface area contributed by atoms with Crippen molar-refractivity contribution < 1.29 is 4.21 Å². The minimum atomic E-state index is -0.752. The van der Waals surface area contributed by atoms with Gasteiger partial charge in [-0.3, -0.25) is 9.00 Å². The van der Waals surface area contributed by atoms with Crippen molar-refractivity contribution in [2.24, 2.45) is 0 Å². The van der Waals surface area contributed by atoms with Gasteiger partial charge in [0.25, 0.3) is 0 Å². The first-order valence-electron chi connectivity index (χ1n) is 6.85. The van der Waals surface area contributed by atoms with Crippen LogP contribution in [0.5, 0.6) is 0 Å². The lowest BCUT2D eigenvalue weighted by molar-refractivity contribution is 0.450. The fourth-order valence-electron chi connectivity index (χ4n) is 2.54. The van der Waals surface area contributed by atoms with Crippen LogP contribution in [0.15, 0.2) is 16.9 Å². The maximum Gasteiger partial charge on any atom is 0.248 e. The van der Waals surface area contributed by atoms with Crippen molar-refractivity contribution >= 4 is 10.8 Å². The molecule has 2 rings (SSSR count). The third-order valence-corrected chi connectivity index (χ3v) is 5.21. The van der Waals surface area contributed by atoms with Gasteiger partial charge in [0.15, 0.2) is 0 Å². The molecule has 0 saturated heterocycles. The van der Waals surface area contributed by atoms with Gasteiger partial charge in [0.2, 0.25) is 5.56 Å². The molecule has 0 aromatic carbocycles. The Labute approximate surface area is 116 Å². The van der Waals surface area contributed by atoms with E-state index in [0.717, 1.165) is 37.9 Å². The molecular weight excluding hydrogens is 260 g/mol. The van der Waals surface area contributed by atoms with Crippen molar-refractivity contribution in [3.8, 4) is 0 Å². The minimum Gasteiger partial charge on any atom is -0.326 e. The number of aromatic amines is 1. The highest BCUT2D eigenvalue weighted by Gasteiger charge is 2.20. The second-order valence-corrected chi connectivity index (χ2v) is 7.06. The molecule has 0 bridgehead atoms. The molecule has 0 amide bonds. The number of hydrogen-bond acceptors (Lipinski definition) is 3. The number of aromatic nitrogens is 1. The fraction of sp³-hybridized carbons (Fsp3) is 0.643. The van der Waals surface area contributed by atoms with Crippen LogP contribution < -0.4 is 10.9 Å². The van der Waals surface area contributed by atoms with Crippen LogP contribution in [-0.4, -0.2) is 27.2 Å². The van der Waals surface area contributed by atoms with Gasteiger partial charge < -0.3 is 10.3 Å². The Balaban J connectivity index is 1.96. The molecule has 2 N–H and O–H groups in total. The molecule has 0 fully saturated rings. The molecule has 0 saturated carbocycles. The van der Waals surface area contributed by atoms with Crippen LogP contribution in [0.25, 0.3) is 0 Å². The second-order valence-electron chi connectivity index (χ2n) is 5.25. The molecule has 1 aromatic heterocycles. The van der Waals surface area contributed by atoms with Gasteiger partial charge >= 0.3 is 0 Å². The normalized spacial score (nSPS) is 21.7. The molecule has 3 atom stereocenters. The second kappa shape index (κ2) is 6.48. The highest BCUT2D eigenvalue weighted by Crippen LogP contribution is 2.27. The summed E-state index contributed by atoms with van der Waals surface area (Å²) in [6, 6.07) is 3.85. The number of aryl methyl sites for hydroxylation is 1. The summed E-state index contributed by atoms with van der Waals surface area (Å²) in [5, 5.41) is 3.75. The van der Waals surface area contributed by atoms with Gasteiger partial charge in [-0.05, 0) is 37.8 Å². The summed E-state index contributed by atoms with van der Waals surface area (Å²) in [7, 11) is -0.752. The first-order valence-corrected chi connectivity index (χ1v) is 8.47. The minimum absolute atomic E-state index is 0.0191. The van der Waals surface area contributed by atoms with Crippen LogP contribution in [0.2, 0.25) is 0 Å². The number of pyridine rings is 1. The zero-order valence-electron chi connectivity index (χ0n) is 11.6. The van der Waals surface area contributed by atoms with Crippen molar-refractivity contribution in [2.75, 3.05) is 12.8 Å². The number of rotatable bonds is 5. The Morgan fingerprint density at radius 2 is 2.32 bits per heavy atom. The number of fused-ring (bicyclic) bond motifs is 1. The van der Waals surface area contributed by atoms with Gasteiger partial charge in [-0.15, -0.1) is 0 Å². The molecule has 1 aromatic rings. The molecule has 19 heavy (non-hydrogen) atoms. The molecule has 3 unspecified atom stereocenters. The zero-order chi connectivity index (χ0) is 13.8. The van der Waals surface area contributed by atoms with Crippen LogP contribution in [-0.2, 0) is 17.2 Å². The first-order chi connectivity index (χ1) is 9.08. The number of hydrogen-bond donors (Lipinski definition) is 2. The van der Waals surface area contributed by atoms with E-state index in [1.807, 2.05) is 13.0 Å². The molecular formula is C14H22N2O2S. The quantitative estimate of drug-likeness (QED) is 0.860. The van der Waals surface area contributed by atoms with E-state index >= 15 is 0 Å². The topological polar surface area (TPSA) is 62.0 Å².